The van der Waals surface area contributed by atoms with Crippen LogP contribution in [-0.4, -0.2) is 50.4 Å². The summed E-state index contributed by atoms with van der Waals surface area (Å²) >= 11 is 6.03. The average molecular weight is 614 g/mol. The van der Waals surface area contributed by atoms with Crippen LogP contribution in [0.15, 0.2) is 71.6 Å². The fourth-order valence-electron chi connectivity index (χ4n) is 4.44. The van der Waals surface area contributed by atoms with Crippen molar-refractivity contribution in [2.24, 2.45) is 0 Å². The summed E-state index contributed by atoms with van der Waals surface area (Å²) in [5.41, 5.74) is 2.45. The predicted molar refractivity (Wildman–Crippen MR) is 167 cm³/mol. The van der Waals surface area contributed by atoms with E-state index in [1.165, 1.54) is 29.2 Å². The monoisotopic (exact) mass is 613 g/mol. The number of sulfonamides is 1. The number of nitrogens with one attached hydrogen (secondary N) is 1. The molecule has 226 valence electrons. The number of benzene rings is 3. The summed E-state index contributed by atoms with van der Waals surface area (Å²) in [5.74, 6) is -0.174. The Morgan fingerprint density at radius 1 is 0.952 bits per heavy atom. The second-order valence-electron chi connectivity index (χ2n) is 11.3. The van der Waals surface area contributed by atoms with Gasteiger partial charge < -0.3 is 15.0 Å². The largest absolute Gasteiger partial charge is 0.497 e. The average Bonchev–Trinajstić information content (AvgIpc) is 2.92. The topological polar surface area (TPSA) is 96.0 Å². The number of carbonyl (C=O) groups excluding carboxylic acids is 2. The molecule has 0 bridgehead atoms. The third-order valence-electron chi connectivity index (χ3n) is 6.86. The number of methoxy groups -OCH3 is 1. The van der Waals surface area contributed by atoms with Gasteiger partial charge in [0.15, 0.2) is 0 Å². The molecule has 3 aromatic carbocycles. The number of carbonyl (C=O) groups is 2. The Hall–Kier alpha value is -3.56. The van der Waals surface area contributed by atoms with E-state index >= 15 is 0 Å². The molecule has 0 aliphatic rings. The van der Waals surface area contributed by atoms with Crippen molar-refractivity contribution in [3.63, 3.8) is 0 Å². The van der Waals surface area contributed by atoms with Crippen molar-refractivity contribution in [3.05, 3.63) is 88.4 Å². The molecular weight excluding hydrogens is 574 g/mol. The van der Waals surface area contributed by atoms with Crippen LogP contribution in [0.25, 0.3) is 0 Å². The van der Waals surface area contributed by atoms with Crippen LogP contribution in [0.5, 0.6) is 5.75 Å². The van der Waals surface area contributed by atoms with Gasteiger partial charge in [0.05, 0.1) is 17.7 Å². The number of halogens is 1. The van der Waals surface area contributed by atoms with Crippen LogP contribution in [0.3, 0.4) is 0 Å². The minimum Gasteiger partial charge on any atom is -0.497 e. The van der Waals surface area contributed by atoms with Gasteiger partial charge in [-0.25, -0.2) is 8.42 Å². The fourth-order valence-corrected chi connectivity index (χ4v) is 5.98. The summed E-state index contributed by atoms with van der Waals surface area (Å²) in [7, 11) is -2.62. The second-order valence-corrected chi connectivity index (χ2v) is 13.6. The molecule has 0 radical (unpaired) electrons. The lowest BCUT2D eigenvalue weighted by atomic mass is 10.1. The number of rotatable bonds is 11. The highest BCUT2D eigenvalue weighted by Gasteiger charge is 2.34. The van der Waals surface area contributed by atoms with Gasteiger partial charge >= 0.3 is 0 Å². The third-order valence-corrected chi connectivity index (χ3v) is 8.90. The molecule has 1 N–H and O–H groups in total. The van der Waals surface area contributed by atoms with Gasteiger partial charge in [-0.1, -0.05) is 36.7 Å². The number of anilines is 1. The van der Waals surface area contributed by atoms with Gasteiger partial charge in [-0.2, -0.15) is 0 Å². The Morgan fingerprint density at radius 2 is 1.57 bits per heavy atom. The molecule has 1 unspecified atom stereocenters. The van der Waals surface area contributed by atoms with Gasteiger partial charge in [-0.15, -0.1) is 0 Å². The van der Waals surface area contributed by atoms with E-state index in [4.69, 9.17) is 16.3 Å². The van der Waals surface area contributed by atoms with E-state index in [1.807, 2.05) is 59.7 Å². The van der Waals surface area contributed by atoms with E-state index in [9.17, 15) is 18.0 Å². The molecule has 2 amide bonds. The molecule has 0 fully saturated rings. The highest BCUT2D eigenvalue weighted by atomic mass is 35.5. The summed E-state index contributed by atoms with van der Waals surface area (Å²) < 4.78 is 34.4. The lowest BCUT2D eigenvalue weighted by Gasteiger charge is -2.35. The van der Waals surface area contributed by atoms with Crippen LogP contribution in [0, 0.1) is 13.8 Å². The molecule has 0 spiro atoms. The van der Waals surface area contributed by atoms with Crippen LogP contribution in [-0.2, 0) is 26.2 Å². The summed E-state index contributed by atoms with van der Waals surface area (Å²) in [6.45, 7) is 10.8. The Morgan fingerprint density at radius 3 is 2.10 bits per heavy atom. The van der Waals surface area contributed by atoms with E-state index in [1.54, 1.807) is 31.4 Å². The van der Waals surface area contributed by atoms with Crippen LogP contribution in [0.1, 0.15) is 50.8 Å². The maximum absolute atomic E-state index is 14.2. The van der Waals surface area contributed by atoms with Crippen molar-refractivity contribution in [1.82, 2.24) is 10.2 Å². The molecule has 3 aromatic rings. The van der Waals surface area contributed by atoms with Crippen molar-refractivity contribution in [2.45, 2.75) is 71.0 Å². The predicted octanol–water partition coefficient (Wildman–Crippen LogP) is 5.88. The molecular formula is C32H40ClN3O5S. The Labute approximate surface area is 254 Å². The standard InChI is InChI=1S/C32H40ClN3O5S/c1-8-29(31(38)34-32(4,5)6)35(20-24-10-15-27(41-7)16-11-24)30(37)21-36(26-14-9-22(2)23(3)19-26)42(39,40)28-17-12-25(33)13-18-28/h9-19,29H,8,20-21H2,1-7H3,(H,34,38). The number of aryl methyl sites for hydroxylation is 2. The SMILES string of the molecule is CCC(C(=O)NC(C)(C)C)N(Cc1ccc(OC)cc1)C(=O)CN(c1ccc(C)c(C)c1)S(=O)(=O)c1ccc(Cl)cc1. The smallest absolute Gasteiger partial charge is 0.264 e. The fraction of sp³-hybridized carbons (Fsp3) is 0.375. The molecule has 3 rings (SSSR count). The Balaban J connectivity index is 2.09. The summed E-state index contributed by atoms with van der Waals surface area (Å²) in [6, 6.07) is 17.4. The maximum atomic E-state index is 14.2. The van der Waals surface area contributed by atoms with Crippen molar-refractivity contribution < 1.29 is 22.7 Å². The van der Waals surface area contributed by atoms with E-state index in [2.05, 4.69) is 5.32 Å². The number of hydrogen-bond donors (Lipinski definition) is 1. The maximum Gasteiger partial charge on any atom is 0.264 e. The quantitative estimate of drug-likeness (QED) is 0.291. The Bertz CT molecular complexity index is 1500. The van der Waals surface area contributed by atoms with Crippen molar-refractivity contribution in [2.75, 3.05) is 18.0 Å². The molecule has 42 heavy (non-hydrogen) atoms. The molecule has 0 aromatic heterocycles. The summed E-state index contributed by atoms with van der Waals surface area (Å²) in [5, 5.41) is 3.37. The lowest BCUT2D eigenvalue weighted by Crippen LogP contribution is -2.55. The van der Waals surface area contributed by atoms with Gasteiger partial charge in [-0.3, -0.25) is 13.9 Å². The van der Waals surface area contributed by atoms with Gasteiger partial charge in [-0.05, 0) is 106 Å². The Kier molecular flexibility index (Phi) is 10.7. The lowest BCUT2D eigenvalue weighted by molar-refractivity contribution is -0.141. The molecule has 0 heterocycles. The molecule has 0 aliphatic heterocycles. The first kappa shape index (κ1) is 32.9. The first-order valence-corrected chi connectivity index (χ1v) is 15.6. The van der Waals surface area contributed by atoms with Crippen molar-refractivity contribution in [3.8, 4) is 5.75 Å². The van der Waals surface area contributed by atoms with E-state index in [0.29, 0.717) is 22.9 Å². The summed E-state index contributed by atoms with van der Waals surface area (Å²) in [4.78, 5) is 29.1. The van der Waals surface area contributed by atoms with Crippen LogP contribution >= 0.6 is 11.6 Å². The van der Waals surface area contributed by atoms with Gasteiger partial charge in [0.25, 0.3) is 10.0 Å². The van der Waals surface area contributed by atoms with Crippen LogP contribution < -0.4 is 14.4 Å². The zero-order chi connectivity index (χ0) is 31.2. The molecule has 0 aliphatic carbocycles. The highest BCUT2D eigenvalue weighted by molar-refractivity contribution is 7.92. The minimum absolute atomic E-state index is 0.00264. The first-order valence-electron chi connectivity index (χ1n) is 13.8. The second kappa shape index (κ2) is 13.6. The zero-order valence-electron chi connectivity index (χ0n) is 25.3. The van der Waals surface area contributed by atoms with Crippen molar-refractivity contribution in [1.29, 1.82) is 0 Å². The van der Waals surface area contributed by atoms with Gasteiger partial charge in [0.1, 0.15) is 18.3 Å². The third kappa shape index (κ3) is 8.26. The minimum atomic E-state index is -4.18. The molecule has 10 heteroatoms. The number of ether oxygens (including phenoxy) is 1. The number of amides is 2. The highest BCUT2D eigenvalue weighted by Crippen LogP contribution is 2.27. The van der Waals surface area contributed by atoms with E-state index in [0.717, 1.165) is 21.0 Å². The normalized spacial score (nSPS) is 12.4. The molecule has 0 saturated carbocycles. The summed E-state index contributed by atoms with van der Waals surface area (Å²) in [6.07, 6.45) is 0.331. The zero-order valence-corrected chi connectivity index (χ0v) is 26.8. The van der Waals surface area contributed by atoms with Crippen LogP contribution in [0.4, 0.5) is 5.69 Å². The molecule has 0 saturated heterocycles. The van der Waals surface area contributed by atoms with Gasteiger partial charge in [0, 0.05) is 17.1 Å². The van der Waals surface area contributed by atoms with Crippen LogP contribution in [0.2, 0.25) is 5.02 Å². The van der Waals surface area contributed by atoms with Crippen molar-refractivity contribution >= 4 is 39.1 Å². The molecule has 1 atom stereocenters. The number of nitrogens with zero attached hydrogens (tertiary/aromatic N) is 2. The van der Waals surface area contributed by atoms with E-state index < -0.39 is 34.1 Å². The molecule has 8 nitrogen and oxygen atoms in total. The van der Waals surface area contributed by atoms with Gasteiger partial charge in [0.2, 0.25) is 11.8 Å². The van der Waals surface area contributed by atoms with E-state index in [-0.39, 0.29) is 17.3 Å². The number of hydrogen-bond acceptors (Lipinski definition) is 5. The first-order chi connectivity index (χ1) is 19.7.